The summed E-state index contributed by atoms with van der Waals surface area (Å²) in [7, 11) is -2.89. The summed E-state index contributed by atoms with van der Waals surface area (Å²) in [6, 6.07) is 0. The topological polar surface area (TPSA) is 72.2 Å². The van der Waals surface area contributed by atoms with Gasteiger partial charge in [0.2, 0.25) is 5.89 Å². The van der Waals surface area contributed by atoms with Crippen LogP contribution in [-0.2, 0) is 16.4 Å². The lowest BCUT2D eigenvalue weighted by atomic mass is 10.6. The highest BCUT2D eigenvalue weighted by Gasteiger charge is 2.02. The Balaban J connectivity index is 2.23. The Morgan fingerprint density at radius 3 is 2.79 bits per heavy atom. The normalized spacial score (nSPS) is 11.9. The fourth-order valence-corrected chi connectivity index (χ4v) is 1.45. The van der Waals surface area contributed by atoms with Gasteiger partial charge in [-0.05, 0) is 6.92 Å². The molecule has 0 unspecified atom stereocenters. The summed E-state index contributed by atoms with van der Waals surface area (Å²) in [5, 5.41) is 2.94. The molecule has 5 nitrogen and oxygen atoms in total. The zero-order valence-electron chi connectivity index (χ0n) is 8.28. The highest BCUT2D eigenvalue weighted by Crippen LogP contribution is 2.00. The largest absolute Gasteiger partial charge is 0.445 e. The Hall–Kier alpha value is -0.880. The molecule has 80 valence electrons. The number of rotatable bonds is 5. The van der Waals surface area contributed by atoms with E-state index in [2.05, 4.69) is 10.3 Å². The van der Waals surface area contributed by atoms with E-state index in [9.17, 15) is 8.42 Å². The van der Waals surface area contributed by atoms with Gasteiger partial charge in [-0.3, -0.25) is 0 Å². The molecule has 1 aromatic rings. The molecule has 1 aromatic heterocycles. The van der Waals surface area contributed by atoms with Gasteiger partial charge >= 0.3 is 0 Å². The van der Waals surface area contributed by atoms with Crippen LogP contribution in [0.4, 0.5) is 0 Å². The van der Waals surface area contributed by atoms with Gasteiger partial charge in [0.15, 0.2) is 0 Å². The second kappa shape index (κ2) is 4.56. The highest BCUT2D eigenvalue weighted by atomic mass is 32.2. The van der Waals surface area contributed by atoms with E-state index >= 15 is 0 Å². The van der Waals surface area contributed by atoms with Crippen LogP contribution >= 0.6 is 0 Å². The Labute approximate surface area is 83.4 Å². The number of aryl methyl sites for hydroxylation is 1. The molecule has 0 bridgehead atoms. The molecule has 0 aliphatic rings. The molecule has 1 rings (SSSR count). The van der Waals surface area contributed by atoms with Gasteiger partial charge in [-0.1, -0.05) is 0 Å². The van der Waals surface area contributed by atoms with Crippen LogP contribution in [0.5, 0.6) is 0 Å². The standard InChI is InChI=1S/C8H14N2O3S/c1-7-5-10-8(13-7)6-9-3-4-14(2,11)12/h5,9H,3-4,6H2,1-2H3. The van der Waals surface area contributed by atoms with Gasteiger partial charge in [0.05, 0.1) is 18.5 Å². The van der Waals surface area contributed by atoms with Crippen LogP contribution in [0.3, 0.4) is 0 Å². The fraction of sp³-hybridized carbons (Fsp3) is 0.625. The first-order valence-corrected chi connectivity index (χ1v) is 6.33. The quantitative estimate of drug-likeness (QED) is 0.710. The van der Waals surface area contributed by atoms with E-state index in [1.54, 1.807) is 6.20 Å². The fourth-order valence-electron chi connectivity index (χ4n) is 0.936. The van der Waals surface area contributed by atoms with E-state index in [0.717, 1.165) is 5.76 Å². The Morgan fingerprint density at radius 1 is 1.57 bits per heavy atom. The average molecular weight is 218 g/mol. The molecule has 0 amide bonds. The van der Waals surface area contributed by atoms with Crippen LogP contribution in [0.15, 0.2) is 10.6 Å². The lowest BCUT2D eigenvalue weighted by molar-refractivity contribution is 0.452. The molecule has 1 N–H and O–H groups in total. The molecule has 6 heteroatoms. The molecule has 0 aliphatic carbocycles. The van der Waals surface area contributed by atoms with Crippen LogP contribution in [0.2, 0.25) is 0 Å². The van der Waals surface area contributed by atoms with E-state index in [-0.39, 0.29) is 5.75 Å². The first kappa shape index (κ1) is 11.2. The van der Waals surface area contributed by atoms with Crippen molar-refractivity contribution in [2.75, 3.05) is 18.6 Å². The molecule has 0 spiro atoms. The lowest BCUT2D eigenvalue weighted by Crippen LogP contribution is -2.22. The van der Waals surface area contributed by atoms with Crippen LogP contribution in [0.1, 0.15) is 11.7 Å². The van der Waals surface area contributed by atoms with Crippen molar-refractivity contribution in [1.29, 1.82) is 0 Å². The summed E-state index contributed by atoms with van der Waals surface area (Å²) in [5.41, 5.74) is 0. The monoisotopic (exact) mass is 218 g/mol. The maximum atomic E-state index is 10.8. The molecule has 0 radical (unpaired) electrons. The van der Waals surface area contributed by atoms with Crippen molar-refractivity contribution in [2.24, 2.45) is 0 Å². The van der Waals surface area contributed by atoms with Crippen molar-refractivity contribution in [3.05, 3.63) is 17.8 Å². The van der Waals surface area contributed by atoms with Crippen LogP contribution in [-0.4, -0.2) is 32.0 Å². The predicted molar refractivity (Wildman–Crippen MR) is 52.7 cm³/mol. The van der Waals surface area contributed by atoms with Crippen molar-refractivity contribution >= 4 is 9.84 Å². The van der Waals surface area contributed by atoms with Crippen LogP contribution < -0.4 is 5.32 Å². The maximum Gasteiger partial charge on any atom is 0.208 e. The second-order valence-corrected chi connectivity index (χ2v) is 5.43. The number of nitrogens with zero attached hydrogens (tertiary/aromatic N) is 1. The minimum Gasteiger partial charge on any atom is -0.445 e. The van der Waals surface area contributed by atoms with E-state index < -0.39 is 9.84 Å². The van der Waals surface area contributed by atoms with Gasteiger partial charge in [0, 0.05) is 12.8 Å². The number of nitrogens with one attached hydrogen (secondary N) is 1. The Morgan fingerprint density at radius 2 is 2.29 bits per heavy atom. The number of sulfone groups is 1. The van der Waals surface area contributed by atoms with Gasteiger partial charge in [-0.25, -0.2) is 13.4 Å². The van der Waals surface area contributed by atoms with Crippen molar-refractivity contribution in [1.82, 2.24) is 10.3 Å². The van der Waals surface area contributed by atoms with Crippen molar-refractivity contribution < 1.29 is 12.8 Å². The summed E-state index contributed by atoms with van der Waals surface area (Å²) in [6.45, 7) is 2.69. The van der Waals surface area contributed by atoms with Gasteiger partial charge in [0.25, 0.3) is 0 Å². The van der Waals surface area contributed by atoms with Crippen LogP contribution in [0, 0.1) is 6.92 Å². The summed E-state index contributed by atoms with van der Waals surface area (Å²) in [5.74, 6) is 1.47. The molecule has 0 aromatic carbocycles. The summed E-state index contributed by atoms with van der Waals surface area (Å²) in [4.78, 5) is 3.97. The summed E-state index contributed by atoms with van der Waals surface area (Å²) < 4.78 is 26.7. The zero-order chi connectivity index (χ0) is 10.6. The third kappa shape index (κ3) is 4.38. The minimum atomic E-state index is -2.89. The molecule has 0 saturated carbocycles. The predicted octanol–water partition coefficient (Wildman–Crippen LogP) is 0.117. The van der Waals surface area contributed by atoms with Gasteiger partial charge in [0.1, 0.15) is 15.6 Å². The maximum absolute atomic E-state index is 10.8. The molecule has 0 fully saturated rings. The van der Waals surface area contributed by atoms with Crippen molar-refractivity contribution in [2.45, 2.75) is 13.5 Å². The van der Waals surface area contributed by atoms with E-state index in [1.165, 1.54) is 6.26 Å². The van der Waals surface area contributed by atoms with E-state index in [1.807, 2.05) is 6.92 Å². The zero-order valence-corrected chi connectivity index (χ0v) is 9.10. The molecule has 0 aliphatic heterocycles. The minimum absolute atomic E-state index is 0.132. The number of hydrogen-bond acceptors (Lipinski definition) is 5. The summed E-state index contributed by atoms with van der Waals surface area (Å²) >= 11 is 0. The highest BCUT2D eigenvalue weighted by molar-refractivity contribution is 7.90. The summed E-state index contributed by atoms with van der Waals surface area (Å²) in [6.07, 6.45) is 2.84. The number of aromatic nitrogens is 1. The smallest absolute Gasteiger partial charge is 0.208 e. The number of hydrogen-bond donors (Lipinski definition) is 1. The third-order valence-corrected chi connectivity index (χ3v) is 2.54. The molecular weight excluding hydrogens is 204 g/mol. The average Bonchev–Trinajstić information content (AvgIpc) is 2.44. The van der Waals surface area contributed by atoms with Crippen LogP contribution in [0.25, 0.3) is 0 Å². The first-order valence-electron chi connectivity index (χ1n) is 4.27. The van der Waals surface area contributed by atoms with Gasteiger partial charge < -0.3 is 9.73 Å². The van der Waals surface area contributed by atoms with Gasteiger partial charge in [-0.2, -0.15) is 0 Å². The Kier molecular flexibility index (Phi) is 3.65. The molecule has 0 atom stereocenters. The number of oxazole rings is 1. The SMILES string of the molecule is Cc1cnc(CNCCS(C)(=O)=O)o1. The van der Waals surface area contributed by atoms with E-state index in [4.69, 9.17) is 4.42 Å². The van der Waals surface area contributed by atoms with Gasteiger partial charge in [-0.15, -0.1) is 0 Å². The Bertz CT molecular complexity index is 383. The molecule has 14 heavy (non-hydrogen) atoms. The van der Waals surface area contributed by atoms with Crippen molar-refractivity contribution in [3.8, 4) is 0 Å². The molecule has 1 heterocycles. The second-order valence-electron chi connectivity index (χ2n) is 3.17. The molecule has 0 saturated heterocycles. The molecular formula is C8H14N2O3S. The third-order valence-electron chi connectivity index (χ3n) is 1.60. The van der Waals surface area contributed by atoms with Crippen molar-refractivity contribution in [3.63, 3.8) is 0 Å². The first-order chi connectivity index (χ1) is 6.47. The van der Waals surface area contributed by atoms with E-state index in [0.29, 0.717) is 19.0 Å². The lowest BCUT2D eigenvalue weighted by Gasteiger charge is -1.99.